The van der Waals surface area contributed by atoms with E-state index in [2.05, 4.69) is 24.1 Å². The first-order valence-electron chi connectivity index (χ1n) is 7.60. The maximum Gasteiger partial charge on any atom is 0.225 e. The summed E-state index contributed by atoms with van der Waals surface area (Å²) < 4.78 is 0. The molecule has 0 spiro atoms. The van der Waals surface area contributed by atoms with Gasteiger partial charge >= 0.3 is 0 Å². The van der Waals surface area contributed by atoms with Gasteiger partial charge in [-0.15, -0.1) is 0 Å². The Hall–Kier alpha value is -1.10. The molecular weight excluding hydrogens is 254 g/mol. The average Bonchev–Trinajstić information content (AvgIpc) is 2.70. The molecule has 0 saturated carbocycles. The lowest BCUT2D eigenvalue weighted by Gasteiger charge is -2.18. The van der Waals surface area contributed by atoms with Gasteiger partial charge in [0.1, 0.15) is 0 Å². The number of likely N-dealkylation sites (tertiary alicyclic amines) is 1. The lowest BCUT2D eigenvalue weighted by atomic mass is 10.1. The largest absolute Gasteiger partial charge is 0.356 e. The number of rotatable bonds is 8. The molecule has 0 bridgehead atoms. The number of carbonyl (C=O) groups excluding carboxylic acids is 2. The van der Waals surface area contributed by atoms with Crippen LogP contribution in [0.4, 0.5) is 0 Å². The molecule has 5 heteroatoms. The zero-order valence-electron chi connectivity index (χ0n) is 13.3. The van der Waals surface area contributed by atoms with E-state index in [-0.39, 0.29) is 17.7 Å². The molecule has 1 saturated heterocycles. The van der Waals surface area contributed by atoms with Gasteiger partial charge in [-0.05, 0) is 39.4 Å². The molecule has 5 nitrogen and oxygen atoms in total. The predicted molar refractivity (Wildman–Crippen MR) is 80.3 cm³/mol. The summed E-state index contributed by atoms with van der Waals surface area (Å²) in [7, 11) is 4.05. The molecule has 20 heavy (non-hydrogen) atoms. The van der Waals surface area contributed by atoms with E-state index < -0.39 is 0 Å². The third kappa shape index (κ3) is 5.90. The highest BCUT2D eigenvalue weighted by molar-refractivity contribution is 5.89. The van der Waals surface area contributed by atoms with Gasteiger partial charge in [0.15, 0.2) is 0 Å². The van der Waals surface area contributed by atoms with Gasteiger partial charge in [-0.25, -0.2) is 0 Å². The Kier molecular flexibility index (Phi) is 6.99. The van der Waals surface area contributed by atoms with Gasteiger partial charge in [0.05, 0.1) is 5.92 Å². The van der Waals surface area contributed by atoms with Crippen LogP contribution >= 0.6 is 0 Å². The molecule has 0 aliphatic carbocycles. The lowest BCUT2D eigenvalue weighted by molar-refractivity contribution is -0.129. The molecule has 1 heterocycles. The summed E-state index contributed by atoms with van der Waals surface area (Å²) in [6, 6.07) is 0. The van der Waals surface area contributed by atoms with Crippen molar-refractivity contribution in [2.75, 3.05) is 40.3 Å². The summed E-state index contributed by atoms with van der Waals surface area (Å²) in [6.45, 7) is 7.29. The van der Waals surface area contributed by atoms with Gasteiger partial charge in [0.2, 0.25) is 11.8 Å². The maximum atomic E-state index is 12.0. The molecular formula is C15H29N3O2. The van der Waals surface area contributed by atoms with Crippen LogP contribution in [-0.4, -0.2) is 61.9 Å². The number of hydrogen-bond donors (Lipinski definition) is 1. The first-order valence-corrected chi connectivity index (χ1v) is 7.60. The van der Waals surface area contributed by atoms with Crippen molar-refractivity contribution in [3.63, 3.8) is 0 Å². The molecule has 0 aromatic heterocycles. The Bertz CT molecular complexity index is 329. The van der Waals surface area contributed by atoms with Crippen LogP contribution in [-0.2, 0) is 9.59 Å². The van der Waals surface area contributed by atoms with Crippen LogP contribution in [0.25, 0.3) is 0 Å². The van der Waals surface area contributed by atoms with E-state index >= 15 is 0 Å². The molecule has 1 N–H and O–H groups in total. The molecule has 1 unspecified atom stereocenters. The van der Waals surface area contributed by atoms with E-state index in [1.807, 2.05) is 19.0 Å². The van der Waals surface area contributed by atoms with Crippen molar-refractivity contribution in [3.05, 3.63) is 0 Å². The smallest absolute Gasteiger partial charge is 0.225 e. The first-order chi connectivity index (χ1) is 9.40. The highest BCUT2D eigenvalue weighted by atomic mass is 16.2. The van der Waals surface area contributed by atoms with Gasteiger partial charge in [-0.2, -0.15) is 0 Å². The van der Waals surface area contributed by atoms with Gasteiger partial charge < -0.3 is 15.1 Å². The molecule has 2 amide bonds. The minimum Gasteiger partial charge on any atom is -0.356 e. The fourth-order valence-corrected chi connectivity index (χ4v) is 2.37. The number of amides is 2. The molecule has 0 aromatic carbocycles. The molecule has 116 valence electrons. The van der Waals surface area contributed by atoms with Crippen LogP contribution in [0.15, 0.2) is 0 Å². The quantitative estimate of drug-likeness (QED) is 0.721. The number of nitrogens with one attached hydrogen (secondary N) is 1. The highest BCUT2D eigenvalue weighted by Gasteiger charge is 2.33. The summed E-state index contributed by atoms with van der Waals surface area (Å²) in [4.78, 5) is 27.8. The van der Waals surface area contributed by atoms with E-state index in [0.29, 0.717) is 25.4 Å². The van der Waals surface area contributed by atoms with Gasteiger partial charge in [-0.3, -0.25) is 9.59 Å². The summed E-state index contributed by atoms with van der Waals surface area (Å²) in [6.07, 6.45) is 2.31. The normalized spacial score (nSPS) is 19.2. The van der Waals surface area contributed by atoms with Crippen molar-refractivity contribution in [2.45, 2.75) is 33.1 Å². The summed E-state index contributed by atoms with van der Waals surface area (Å²) in [5.41, 5.74) is 0. The van der Waals surface area contributed by atoms with E-state index in [1.54, 1.807) is 0 Å². The lowest BCUT2D eigenvalue weighted by Crippen LogP contribution is -2.34. The van der Waals surface area contributed by atoms with Crippen molar-refractivity contribution in [1.82, 2.24) is 15.1 Å². The summed E-state index contributed by atoms with van der Waals surface area (Å²) in [5, 5.41) is 2.95. The van der Waals surface area contributed by atoms with Crippen molar-refractivity contribution >= 4 is 11.8 Å². The Morgan fingerprint density at radius 1 is 1.45 bits per heavy atom. The molecule has 1 rings (SSSR count). The predicted octanol–water partition coefficient (Wildman–Crippen LogP) is 0.949. The Labute approximate surface area is 122 Å². The number of hydrogen-bond acceptors (Lipinski definition) is 3. The summed E-state index contributed by atoms with van der Waals surface area (Å²) >= 11 is 0. The van der Waals surface area contributed by atoms with E-state index in [1.165, 1.54) is 0 Å². The second-order valence-corrected chi connectivity index (χ2v) is 6.37. The zero-order valence-corrected chi connectivity index (χ0v) is 13.3. The van der Waals surface area contributed by atoms with Crippen LogP contribution in [0.3, 0.4) is 0 Å². The SMILES string of the molecule is CC(C)CCNC(=O)C1CC(=O)N(CCCN(C)C)C1. The highest BCUT2D eigenvalue weighted by Crippen LogP contribution is 2.18. The van der Waals surface area contributed by atoms with Crippen LogP contribution in [0.2, 0.25) is 0 Å². The molecule has 1 fully saturated rings. The van der Waals surface area contributed by atoms with E-state index in [4.69, 9.17) is 0 Å². The minimum atomic E-state index is -0.158. The average molecular weight is 283 g/mol. The van der Waals surface area contributed by atoms with Crippen LogP contribution in [0.5, 0.6) is 0 Å². The maximum absolute atomic E-state index is 12.0. The minimum absolute atomic E-state index is 0.0362. The number of carbonyl (C=O) groups is 2. The Balaban J connectivity index is 2.29. The van der Waals surface area contributed by atoms with E-state index in [0.717, 1.165) is 25.9 Å². The molecule has 0 radical (unpaired) electrons. The molecule has 1 aliphatic heterocycles. The zero-order chi connectivity index (χ0) is 15.1. The fourth-order valence-electron chi connectivity index (χ4n) is 2.37. The monoisotopic (exact) mass is 283 g/mol. The van der Waals surface area contributed by atoms with Gasteiger partial charge in [-0.1, -0.05) is 13.8 Å². The first kappa shape index (κ1) is 17.0. The van der Waals surface area contributed by atoms with Crippen molar-refractivity contribution in [1.29, 1.82) is 0 Å². The molecule has 0 aromatic rings. The summed E-state index contributed by atoms with van der Waals surface area (Å²) in [5.74, 6) is 0.582. The fraction of sp³-hybridized carbons (Fsp3) is 0.867. The number of nitrogens with zero attached hydrogens (tertiary/aromatic N) is 2. The molecule has 1 aliphatic rings. The third-order valence-corrected chi connectivity index (χ3v) is 3.64. The van der Waals surface area contributed by atoms with Crippen LogP contribution in [0, 0.1) is 11.8 Å². The van der Waals surface area contributed by atoms with Crippen molar-refractivity contribution in [2.24, 2.45) is 11.8 Å². The van der Waals surface area contributed by atoms with Crippen LogP contribution in [0.1, 0.15) is 33.1 Å². The second-order valence-electron chi connectivity index (χ2n) is 6.37. The third-order valence-electron chi connectivity index (χ3n) is 3.64. The Morgan fingerprint density at radius 3 is 2.75 bits per heavy atom. The Morgan fingerprint density at radius 2 is 2.15 bits per heavy atom. The molecule has 1 atom stereocenters. The van der Waals surface area contributed by atoms with E-state index in [9.17, 15) is 9.59 Å². The van der Waals surface area contributed by atoms with Crippen molar-refractivity contribution < 1.29 is 9.59 Å². The second kappa shape index (κ2) is 8.25. The van der Waals surface area contributed by atoms with Gasteiger partial charge in [0, 0.05) is 26.1 Å². The topological polar surface area (TPSA) is 52.7 Å². The van der Waals surface area contributed by atoms with Gasteiger partial charge in [0.25, 0.3) is 0 Å². The standard InChI is InChI=1S/C15H29N3O2/c1-12(2)6-7-16-15(20)13-10-14(19)18(11-13)9-5-8-17(3)4/h12-13H,5-11H2,1-4H3,(H,16,20). The van der Waals surface area contributed by atoms with Crippen LogP contribution < -0.4 is 5.32 Å². The van der Waals surface area contributed by atoms with Crippen molar-refractivity contribution in [3.8, 4) is 0 Å².